The van der Waals surface area contributed by atoms with E-state index in [2.05, 4.69) is 10.2 Å². The Labute approximate surface area is 70.0 Å². The lowest BCUT2D eigenvalue weighted by Crippen LogP contribution is -2.28. The van der Waals surface area contributed by atoms with Crippen molar-refractivity contribution in [2.45, 2.75) is 19.0 Å². The Morgan fingerprint density at radius 1 is 1.50 bits per heavy atom. The van der Waals surface area contributed by atoms with E-state index in [1.165, 1.54) is 0 Å². The van der Waals surface area contributed by atoms with Crippen molar-refractivity contribution in [3.8, 4) is 0 Å². The molecular weight excluding hydrogens is 156 g/mol. The van der Waals surface area contributed by atoms with Crippen LogP contribution < -0.4 is 0 Å². The Morgan fingerprint density at radius 3 is 2.67 bits per heavy atom. The summed E-state index contributed by atoms with van der Waals surface area (Å²) >= 11 is 0. The molecule has 1 saturated heterocycles. The van der Waals surface area contributed by atoms with Crippen molar-refractivity contribution in [1.29, 1.82) is 0 Å². The minimum absolute atomic E-state index is 0.0208. The van der Waals surface area contributed by atoms with Crippen LogP contribution in [0.3, 0.4) is 0 Å². The van der Waals surface area contributed by atoms with E-state index < -0.39 is 0 Å². The van der Waals surface area contributed by atoms with Gasteiger partial charge >= 0.3 is 0 Å². The van der Waals surface area contributed by atoms with E-state index in [0.717, 1.165) is 6.42 Å². The second kappa shape index (κ2) is 2.58. The van der Waals surface area contributed by atoms with Gasteiger partial charge in [-0.2, -0.15) is 15.0 Å². The van der Waals surface area contributed by atoms with E-state index in [9.17, 15) is 4.79 Å². The Bertz CT molecular complexity index is 282. The number of nitrogens with zero attached hydrogens (tertiary/aromatic N) is 4. The summed E-state index contributed by atoms with van der Waals surface area (Å²) in [5, 5.41) is 7.99. The lowest BCUT2D eigenvalue weighted by molar-refractivity contribution is -0.128. The molecule has 2 heterocycles. The molecule has 0 radical (unpaired) electrons. The molecule has 1 aromatic rings. The third-order valence-electron chi connectivity index (χ3n) is 2.16. The van der Waals surface area contributed by atoms with Crippen LogP contribution in [0.5, 0.6) is 0 Å². The summed E-state index contributed by atoms with van der Waals surface area (Å²) in [6, 6.07) is 0. The molecule has 1 aliphatic heterocycles. The third-order valence-corrected chi connectivity index (χ3v) is 2.16. The molecule has 64 valence electrons. The molecule has 2 rings (SSSR count). The lowest BCUT2D eigenvalue weighted by atomic mass is 10.3. The van der Waals surface area contributed by atoms with Crippen molar-refractivity contribution in [2.24, 2.45) is 0 Å². The number of aromatic nitrogens is 3. The van der Waals surface area contributed by atoms with Gasteiger partial charge in [0.15, 0.2) is 0 Å². The fourth-order valence-electron chi connectivity index (χ4n) is 1.44. The van der Waals surface area contributed by atoms with Crippen molar-refractivity contribution in [1.82, 2.24) is 19.9 Å². The fraction of sp³-hybridized carbons (Fsp3) is 0.571. The molecule has 1 fully saturated rings. The van der Waals surface area contributed by atoms with Gasteiger partial charge in [-0.25, -0.2) is 0 Å². The number of hydrogen-bond donors (Lipinski definition) is 0. The van der Waals surface area contributed by atoms with Crippen molar-refractivity contribution < 1.29 is 4.79 Å². The number of carbonyl (C=O) groups is 1. The van der Waals surface area contributed by atoms with Crippen LogP contribution in [0.25, 0.3) is 0 Å². The molecule has 0 aliphatic carbocycles. The number of likely N-dealkylation sites (tertiary alicyclic amines) is 1. The molecule has 1 atom stereocenters. The first-order valence-corrected chi connectivity index (χ1v) is 3.90. The highest BCUT2D eigenvalue weighted by atomic mass is 16.2. The van der Waals surface area contributed by atoms with E-state index in [-0.39, 0.29) is 12.1 Å². The Balaban J connectivity index is 2.21. The van der Waals surface area contributed by atoms with Gasteiger partial charge in [-0.15, -0.1) is 0 Å². The summed E-state index contributed by atoms with van der Waals surface area (Å²) in [5.74, 6) is 0.164. The van der Waals surface area contributed by atoms with Crippen LogP contribution in [0.4, 0.5) is 0 Å². The monoisotopic (exact) mass is 166 g/mol. The highest BCUT2D eigenvalue weighted by Gasteiger charge is 2.29. The van der Waals surface area contributed by atoms with Gasteiger partial charge in [0.25, 0.3) is 0 Å². The third kappa shape index (κ3) is 0.975. The second-order valence-electron chi connectivity index (χ2n) is 2.87. The first kappa shape index (κ1) is 7.27. The molecule has 0 saturated carbocycles. The summed E-state index contributed by atoms with van der Waals surface area (Å²) in [6.07, 6.45) is 4.67. The van der Waals surface area contributed by atoms with E-state index in [1.54, 1.807) is 29.1 Å². The predicted octanol–water partition coefficient (Wildman–Crippen LogP) is 0.0289. The summed E-state index contributed by atoms with van der Waals surface area (Å²) in [6.45, 7) is 0. The average molecular weight is 166 g/mol. The molecule has 5 heteroatoms. The minimum atomic E-state index is 0.0208. The van der Waals surface area contributed by atoms with Gasteiger partial charge < -0.3 is 4.90 Å². The average Bonchev–Trinajstić information content (AvgIpc) is 2.64. The van der Waals surface area contributed by atoms with Crippen LogP contribution in [0.2, 0.25) is 0 Å². The van der Waals surface area contributed by atoms with Crippen molar-refractivity contribution in [3.63, 3.8) is 0 Å². The van der Waals surface area contributed by atoms with Crippen LogP contribution in [0, 0.1) is 0 Å². The predicted molar refractivity (Wildman–Crippen MR) is 41.1 cm³/mol. The molecule has 12 heavy (non-hydrogen) atoms. The Morgan fingerprint density at radius 2 is 2.17 bits per heavy atom. The molecule has 0 bridgehead atoms. The molecule has 5 nitrogen and oxygen atoms in total. The quantitative estimate of drug-likeness (QED) is 0.591. The maximum Gasteiger partial charge on any atom is 0.224 e. The maximum atomic E-state index is 11.1. The SMILES string of the molecule is CN1C(=O)CC[C@H]1n1nccn1. The molecule has 0 N–H and O–H groups in total. The minimum Gasteiger partial charge on any atom is -0.322 e. The van der Waals surface area contributed by atoms with Gasteiger partial charge in [-0.3, -0.25) is 4.79 Å². The van der Waals surface area contributed by atoms with Crippen LogP contribution in [-0.4, -0.2) is 32.8 Å². The van der Waals surface area contributed by atoms with E-state index in [1.807, 2.05) is 0 Å². The number of rotatable bonds is 1. The fourth-order valence-corrected chi connectivity index (χ4v) is 1.44. The van der Waals surface area contributed by atoms with Gasteiger partial charge in [0.1, 0.15) is 6.17 Å². The molecular formula is C7H10N4O. The van der Waals surface area contributed by atoms with Gasteiger partial charge in [0.2, 0.25) is 5.91 Å². The summed E-state index contributed by atoms with van der Waals surface area (Å²) < 4.78 is 0. The Kier molecular flexibility index (Phi) is 1.56. The molecule has 0 spiro atoms. The zero-order chi connectivity index (χ0) is 8.55. The first-order valence-electron chi connectivity index (χ1n) is 3.90. The Hall–Kier alpha value is -1.39. The van der Waals surface area contributed by atoms with E-state index >= 15 is 0 Å². The van der Waals surface area contributed by atoms with E-state index in [4.69, 9.17) is 0 Å². The van der Waals surface area contributed by atoms with Gasteiger partial charge in [-0.1, -0.05) is 0 Å². The zero-order valence-electron chi connectivity index (χ0n) is 6.84. The summed E-state index contributed by atoms with van der Waals surface area (Å²) in [7, 11) is 1.78. The largest absolute Gasteiger partial charge is 0.322 e. The summed E-state index contributed by atoms with van der Waals surface area (Å²) in [4.78, 5) is 14.4. The van der Waals surface area contributed by atoms with Gasteiger partial charge in [-0.05, 0) is 6.42 Å². The van der Waals surface area contributed by atoms with Crippen LogP contribution >= 0.6 is 0 Å². The first-order chi connectivity index (χ1) is 5.79. The lowest BCUT2D eigenvalue weighted by Gasteiger charge is -2.18. The maximum absolute atomic E-state index is 11.1. The topological polar surface area (TPSA) is 51.0 Å². The number of hydrogen-bond acceptors (Lipinski definition) is 3. The van der Waals surface area contributed by atoms with Gasteiger partial charge in [0.05, 0.1) is 12.4 Å². The molecule has 0 aromatic carbocycles. The number of carbonyl (C=O) groups excluding carboxylic acids is 1. The zero-order valence-corrected chi connectivity index (χ0v) is 6.84. The molecule has 1 amide bonds. The normalized spacial score (nSPS) is 23.6. The van der Waals surface area contributed by atoms with Crippen LogP contribution in [0.1, 0.15) is 19.0 Å². The highest BCUT2D eigenvalue weighted by molar-refractivity contribution is 5.77. The van der Waals surface area contributed by atoms with Crippen LogP contribution in [0.15, 0.2) is 12.4 Å². The molecule has 1 aliphatic rings. The van der Waals surface area contributed by atoms with Crippen molar-refractivity contribution in [3.05, 3.63) is 12.4 Å². The van der Waals surface area contributed by atoms with E-state index in [0.29, 0.717) is 6.42 Å². The summed E-state index contributed by atoms with van der Waals surface area (Å²) in [5.41, 5.74) is 0. The number of amides is 1. The van der Waals surface area contributed by atoms with Gasteiger partial charge in [0, 0.05) is 13.5 Å². The standard InChI is InChI=1S/C7H10N4O/c1-10-6(2-3-7(10)12)11-8-4-5-9-11/h4-6H,2-3H2,1H3/t6-/m1/s1. The second-order valence-corrected chi connectivity index (χ2v) is 2.87. The van der Waals surface area contributed by atoms with Crippen molar-refractivity contribution in [2.75, 3.05) is 7.05 Å². The molecule has 0 unspecified atom stereocenters. The highest BCUT2D eigenvalue weighted by Crippen LogP contribution is 2.23. The molecule has 1 aromatic heterocycles. The van der Waals surface area contributed by atoms with Crippen LogP contribution in [-0.2, 0) is 4.79 Å². The van der Waals surface area contributed by atoms with Crippen molar-refractivity contribution >= 4 is 5.91 Å². The smallest absolute Gasteiger partial charge is 0.224 e.